The number of nitrogen functional groups attached to an aromatic ring is 1. The fourth-order valence-electron chi connectivity index (χ4n) is 4.50. The van der Waals surface area contributed by atoms with Gasteiger partial charge >= 0.3 is 5.97 Å². The highest BCUT2D eigenvalue weighted by molar-refractivity contribution is 5.96. The Hall–Kier alpha value is -4.72. The van der Waals surface area contributed by atoms with Gasteiger partial charge in [0.15, 0.2) is 22.8 Å². The Kier molecular flexibility index (Phi) is 7.04. The summed E-state index contributed by atoms with van der Waals surface area (Å²) in [5, 5.41) is 2.74. The maximum Gasteiger partial charge on any atom is 0.310 e. The van der Waals surface area contributed by atoms with Crippen molar-refractivity contribution in [1.29, 1.82) is 0 Å². The molecule has 0 unspecified atom stereocenters. The van der Waals surface area contributed by atoms with Gasteiger partial charge in [-0.15, -0.1) is 0 Å². The van der Waals surface area contributed by atoms with Crippen molar-refractivity contribution in [2.75, 3.05) is 26.6 Å². The standard InChI is InChI=1S/C30H28N2O6/c1-4-36-27(33)15-20-6-5-7-25(34-2)28(20)37-16-22-17-38-29-23(22)13-21(14-26(29)35-3)19-9-8-18-10-11-32-30(31)24(18)12-19/h5-14,17H,4,15-16H2,1-3H3,(H2,31,32). The number of benzene rings is 3. The van der Waals surface area contributed by atoms with E-state index in [0.29, 0.717) is 40.8 Å². The average Bonchev–Trinajstić information content (AvgIpc) is 3.34. The van der Waals surface area contributed by atoms with Crippen LogP contribution in [0.4, 0.5) is 5.82 Å². The normalized spacial score (nSPS) is 11.0. The third kappa shape index (κ3) is 4.80. The van der Waals surface area contributed by atoms with Gasteiger partial charge in [0, 0.05) is 28.1 Å². The molecule has 0 radical (unpaired) electrons. The van der Waals surface area contributed by atoms with Gasteiger partial charge in [-0.05, 0) is 53.8 Å². The predicted octanol–water partition coefficient (Wildman–Crippen LogP) is 5.93. The van der Waals surface area contributed by atoms with Gasteiger partial charge < -0.3 is 29.1 Å². The summed E-state index contributed by atoms with van der Waals surface area (Å²) in [6.07, 6.45) is 3.42. The van der Waals surface area contributed by atoms with Crippen LogP contribution in [-0.2, 0) is 22.6 Å². The first-order chi connectivity index (χ1) is 18.5. The van der Waals surface area contributed by atoms with Crippen LogP contribution in [0.25, 0.3) is 32.9 Å². The number of aromatic nitrogens is 1. The second-order valence-corrected chi connectivity index (χ2v) is 8.67. The van der Waals surface area contributed by atoms with Crippen LogP contribution in [0.5, 0.6) is 17.2 Å². The first kappa shape index (κ1) is 25.0. The van der Waals surface area contributed by atoms with Gasteiger partial charge in [0.1, 0.15) is 12.4 Å². The van der Waals surface area contributed by atoms with Crippen molar-refractivity contribution < 1.29 is 28.2 Å². The molecule has 38 heavy (non-hydrogen) atoms. The van der Waals surface area contributed by atoms with Crippen LogP contribution in [-0.4, -0.2) is 31.8 Å². The van der Waals surface area contributed by atoms with E-state index < -0.39 is 0 Å². The molecule has 0 fully saturated rings. The number of furan rings is 1. The van der Waals surface area contributed by atoms with Crippen LogP contribution < -0.4 is 19.9 Å². The molecule has 0 bridgehead atoms. The SMILES string of the molecule is CCOC(=O)Cc1cccc(OC)c1OCc1coc2c(OC)cc(-c3ccc4ccnc(N)c4c3)cc12. The number of nitrogens with zero attached hydrogens (tertiary/aromatic N) is 1. The lowest BCUT2D eigenvalue weighted by atomic mass is 9.99. The van der Waals surface area contributed by atoms with Crippen LogP contribution in [0.2, 0.25) is 0 Å². The van der Waals surface area contributed by atoms with Crippen LogP contribution >= 0.6 is 0 Å². The van der Waals surface area contributed by atoms with Gasteiger partial charge in [-0.1, -0.05) is 24.3 Å². The molecule has 0 aliphatic heterocycles. The number of hydrogen-bond donors (Lipinski definition) is 1. The van der Waals surface area contributed by atoms with Crippen LogP contribution in [0, 0.1) is 0 Å². The molecule has 2 heterocycles. The maximum absolute atomic E-state index is 12.2. The van der Waals surface area contributed by atoms with Gasteiger partial charge in [0.25, 0.3) is 0 Å². The third-order valence-corrected chi connectivity index (χ3v) is 6.36. The van der Waals surface area contributed by atoms with E-state index in [1.807, 2.05) is 48.5 Å². The smallest absolute Gasteiger partial charge is 0.310 e. The van der Waals surface area contributed by atoms with Gasteiger partial charge in [-0.3, -0.25) is 4.79 Å². The maximum atomic E-state index is 12.2. The molecular weight excluding hydrogens is 484 g/mol. The molecule has 2 aromatic heterocycles. The molecule has 0 aliphatic carbocycles. The molecule has 0 saturated carbocycles. The van der Waals surface area contributed by atoms with Crippen LogP contribution in [0.3, 0.4) is 0 Å². The highest BCUT2D eigenvalue weighted by Crippen LogP contribution is 2.38. The number of nitrogens with two attached hydrogens (primary N) is 1. The molecule has 5 rings (SSSR count). The summed E-state index contributed by atoms with van der Waals surface area (Å²) in [4.78, 5) is 16.4. The fraction of sp³-hybridized carbons (Fsp3) is 0.200. The van der Waals surface area contributed by atoms with Crippen molar-refractivity contribution in [3.63, 3.8) is 0 Å². The quantitative estimate of drug-likeness (QED) is 0.242. The van der Waals surface area contributed by atoms with E-state index in [0.717, 1.165) is 32.8 Å². The van der Waals surface area contributed by atoms with Gasteiger partial charge in [-0.2, -0.15) is 0 Å². The summed E-state index contributed by atoms with van der Waals surface area (Å²) < 4.78 is 28.4. The van der Waals surface area contributed by atoms with Crippen molar-refractivity contribution in [3.05, 3.63) is 78.2 Å². The first-order valence-corrected chi connectivity index (χ1v) is 12.2. The molecule has 8 nitrogen and oxygen atoms in total. The lowest BCUT2D eigenvalue weighted by Crippen LogP contribution is -2.09. The zero-order valence-electron chi connectivity index (χ0n) is 21.4. The molecule has 2 N–H and O–H groups in total. The number of rotatable bonds is 9. The molecule has 0 saturated heterocycles. The number of fused-ring (bicyclic) bond motifs is 2. The third-order valence-electron chi connectivity index (χ3n) is 6.36. The van der Waals surface area contributed by atoms with Crippen molar-refractivity contribution in [2.45, 2.75) is 20.0 Å². The highest BCUT2D eigenvalue weighted by atomic mass is 16.5. The second kappa shape index (κ2) is 10.7. The van der Waals surface area contributed by atoms with E-state index in [4.69, 9.17) is 29.1 Å². The summed E-state index contributed by atoms with van der Waals surface area (Å²) in [7, 11) is 3.17. The summed E-state index contributed by atoms with van der Waals surface area (Å²) in [5.41, 5.74) is 10.1. The van der Waals surface area contributed by atoms with E-state index in [2.05, 4.69) is 4.98 Å². The van der Waals surface area contributed by atoms with Crippen molar-refractivity contribution in [2.24, 2.45) is 0 Å². The van der Waals surface area contributed by atoms with Crippen molar-refractivity contribution in [3.8, 4) is 28.4 Å². The Morgan fingerprint density at radius 1 is 0.947 bits per heavy atom. The van der Waals surface area contributed by atoms with E-state index in [1.165, 1.54) is 0 Å². The molecular formula is C30H28N2O6. The van der Waals surface area contributed by atoms with E-state index in [-0.39, 0.29) is 19.0 Å². The topological polar surface area (TPSA) is 106 Å². The molecule has 8 heteroatoms. The van der Waals surface area contributed by atoms with Gasteiger partial charge in [-0.25, -0.2) is 4.98 Å². The zero-order valence-corrected chi connectivity index (χ0v) is 21.4. The molecule has 194 valence electrons. The lowest BCUT2D eigenvalue weighted by molar-refractivity contribution is -0.142. The minimum absolute atomic E-state index is 0.0738. The van der Waals surface area contributed by atoms with Crippen LogP contribution in [0.15, 0.2) is 71.5 Å². The first-order valence-electron chi connectivity index (χ1n) is 12.2. The monoisotopic (exact) mass is 512 g/mol. The number of methoxy groups -OCH3 is 2. The zero-order chi connectivity index (χ0) is 26.6. The molecule has 0 amide bonds. The molecule has 0 aliphatic rings. The summed E-state index contributed by atoms with van der Waals surface area (Å²) in [5.74, 6) is 1.76. The van der Waals surface area contributed by atoms with E-state index in [1.54, 1.807) is 39.7 Å². The van der Waals surface area contributed by atoms with E-state index >= 15 is 0 Å². The predicted molar refractivity (Wildman–Crippen MR) is 146 cm³/mol. The number of anilines is 1. The number of pyridine rings is 1. The molecule has 3 aromatic carbocycles. The molecule has 0 spiro atoms. The minimum atomic E-state index is -0.333. The highest BCUT2D eigenvalue weighted by Gasteiger charge is 2.18. The minimum Gasteiger partial charge on any atom is -0.493 e. The number of carbonyl (C=O) groups is 1. The van der Waals surface area contributed by atoms with Gasteiger partial charge in [0.05, 0.1) is 33.5 Å². The number of hydrogen-bond acceptors (Lipinski definition) is 8. The Bertz CT molecular complexity index is 1620. The molecule has 0 atom stereocenters. The largest absolute Gasteiger partial charge is 0.493 e. The van der Waals surface area contributed by atoms with Crippen molar-refractivity contribution in [1.82, 2.24) is 4.98 Å². The molecule has 5 aromatic rings. The average molecular weight is 513 g/mol. The Labute approximate surface area is 219 Å². The lowest BCUT2D eigenvalue weighted by Gasteiger charge is -2.15. The number of para-hydroxylation sites is 1. The summed E-state index contributed by atoms with van der Waals surface area (Å²) in [6, 6.07) is 17.4. The number of ether oxygens (including phenoxy) is 4. The fourth-order valence-corrected chi connectivity index (χ4v) is 4.50. The summed E-state index contributed by atoms with van der Waals surface area (Å²) >= 11 is 0. The summed E-state index contributed by atoms with van der Waals surface area (Å²) in [6.45, 7) is 2.27. The Morgan fingerprint density at radius 3 is 2.55 bits per heavy atom. The Balaban J connectivity index is 1.51. The number of carbonyl (C=O) groups excluding carboxylic acids is 1. The second-order valence-electron chi connectivity index (χ2n) is 8.67. The van der Waals surface area contributed by atoms with Crippen LogP contribution in [0.1, 0.15) is 18.1 Å². The number of esters is 1. The Morgan fingerprint density at radius 2 is 1.76 bits per heavy atom. The van der Waals surface area contributed by atoms with Crippen molar-refractivity contribution >= 4 is 33.5 Å². The van der Waals surface area contributed by atoms with Gasteiger partial charge in [0.2, 0.25) is 0 Å². The van der Waals surface area contributed by atoms with E-state index in [9.17, 15) is 4.79 Å².